The number of hydrogen-bond donors (Lipinski definition) is 0. The van der Waals surface area contributed by atoms with Crippen molar-refractivity contribution in [2.75, 3.05) is 14.2 Å². The van der Waals surface area contributed by atoms with Gasteiger partial charge in [-0.25, -0.2) is 14.2 Å². The van der Waals surface area contributed by atoms with Crippen LogP contribution >= 0.6 is 0 Å². The Morgan fingerprint density at radius 1 is 1.24 bits per heavy atom. The van der Waals surface area contributed by atoms with Crippen LogP contribution in [-0.4, -0.2) is 36.9 Å². The molecule has 0 unspecified atom stereocenters. The van der Waals surface area contributed by atoms with Crippen LogP contribution in [-0.2, 0) is 30.5 Å². The van der Waals surface area contributed by atoms with E-state index in [-0.39, 0.29) is 12.4 Å². The number of methoxy groups -OCH3 is 1. The fourth-order valence-corrected chi connectivity index (χ4v) is 1.64. The lowest BCUT2D eigenvalue weighted by Gasteiger charge is -2.19. The molecule has 21 heavy (non-hydrogen) atoms. The van der Waals surface area contributed by atoms with Gasteiger partial charge in [-0.1, -0.05) is 12.1 Å². The minimum absolute atomic E-state index is 0.0326. The first-order valence-electron chi connectivity index (χ1n) is 6.09. The zero-order valence-electron chi connectivity index (χ0n) is 12.0. The highest BCUT2D eigenvalue weighted by molar-refractivity contribution is 6.36. The number of ketones is 1. The summed E-state index contributed by atoms with van der Waals surface area (Å²) in [6.07, 6.45) is -0.652. The molecule has 0 saturated carbocycles. The van der Waals surface area contributed by atoms with E-state index in [1.54, 1.807) is 13.0 Å². The molecule has 0 atom stereocenters. The molecule has 1 amide bonds. The molecule has 0 aromatic heterocycles. The van der Waals surface area contributed by atoms with Gasteiger partial charge in [-0.3, -0.25) is 14.4 Å². The lowest BCUT2D eigenvalue weighted by Crippen LogP contribution is -2.33. The largest absolute Gasteiger partial charge is 0.463 e. The van der Waals surface area contributed by atoms with Gasteiger partial charge in [0.05, 0.1) is 27.2 Å². The van der Waals surface area contributed by atoms with Crippen LogP contribution in [0.4, 0.5) is 4.39 Å². The van der Waals surface area contributed by atoms with Gasteiger partial charge >= 0.3 is 5.97 Å². The van der Waals surface area contributed by atoms with Crippen molar-refractivity contribution in [2.24, 2.45) is 0 Å². The summed E-state index contributed by atoms with van der Waals surface area (Å²) in [5.74, 6) is -3.08. The highest BCUT2D eigenvalue weighted by atomic mass is 19.1. The lowest BCUT2D eigenvalue weighted by atomic mass is 10.1. The Kier molecular flexibility index (Phi) is 5.98. The van der Waals surface area contributed by atoms with Gasteiger partial charge in [0.2, 0.25) is 5.78 Å². The predicted octanol–water partition coefficient (Wildman–Crippen LogP) is 1.16. The molecule has 0 aliphatic carbocycles. The van der Waals surface area contributed by atoms with Crippen LogP contribution in [0.25, 0.3) is 0 Å². The molecule has 0 radical (unpaired) electrons. The molecule has 114 valence electrons. The van der Waals surface area contributed by atoms with E-state index in [9.17, 15) is 18.8 Å². The molecular formula is C14H16FNO5. The molecule has 0 bridgehead atoms. The number of ether oxygens (including phenoxy) is 1. The van der Waals surface area contributed by atoms with Crippen molar-refractivity contribution in [1.82, 2.24) is 5.06 Å². The first-order valence-corrected chi connectivity index (χ1v) is 6.09. The Balaban J connectivity index is 2.73. The molecule has 1 aromatic carbocycles. The number of Topliss-reactive ketones (excluding diaryl/α,β-unsaturated/α-hetero) is 1. The summed E-state index contributed by atoms with van der Waals surface area (Å²) in [6, 6.07) is 4.35. The second kappa shape index (κ2) is 7.49. The standard InChI is InChI=1S/C14H16FNO5/c1-9-6-10(4-5-11(9)15)8-16(21-3)13(18)7-12(17)14(19)20-2/h4-6H,7-8H2,1-3H3. The molecular weight excluding hydrogens is 281 g/mol. The van der Waals surface area contributed by atoms with Crippen molar-refractivity contribution < 1.29 is 28.3 Å². The number of carbonyl (C=O) groups excluding carboxylic acids is 3. The van der Waals surface area contributed by atoms with Crippen molar-refractivity contribution in [3.63, 3.8) is 0 Å². The van der Waals surface area contributed by atoms with Crippen LogP contribution in [0.1, 0.15) is 17.5 Å². The van der Waals surface area contributed by atoms with Gasteiger partial charge < -0.3 is 4.74 Å². The molecule has 0 fully saturated rings. The molecule has 1 rings (SSSR count). The quantitative estimate of drug-likeness (QED) is 0.341. The van der Waals surface area contributed by atoms with Crippen LogP contribution in [0.5, 0.6) is 0 Å². The zero-order valence-corrected chi connectivity index (χ0v) is 12.0. The van der Waals surface area contributed by atoms with E-state index in [1.165, 1.54) is 19.2 Å². The molecule has 0 saturated heterocycles. The number of aryl methyl sites for hydroxylation is 1. The van der Waals surface area contributed by atoms with E-state index in [1.807, 2.05) is 0 Å². The van der Waals surface area contributed by atoms with Crippen molar-refractivity contribution in [2.45, 2.75) is 19.9 Å². The zero-order chi connectivity index (χ0) is 16.0. The Hall–Kier alpha value is -2.28. The van der Waals surface area contributed by atoms with Crippen LogP contribution in [0.15, 0.2) is 18.2 Å². The minimum Gasteiger partial charge on any atom is -0.463 e. The van der Waals surface area contributed by atoms with Gasteiger partial charge in [-0.15, -0.1) is 0 Å². The summed E-state index contributed by atoms with van der Waals surface area (Å²) in [5.41, 5.74) is 1.07. The Labute approximate surface area is 121 Å². The number of halogens is 1. The summed E-state index contributed by atoms with van der Waals surface area (Å²) in [5, 5.41) is 0.924. The normalized spacial score (nSPS) is 10.1. The highest BCUT2D eigenvalue weighted by Crippen LogP contribution is 2.12. The molecule has 0 aliphatic heterocycles. The summed E-state index contributed by atoms with van der Waals surface area (Å²) in [7, 11) is 2.32. The van der Waals surface area contributed by atoms with Crippen molar-refractivity contribution in [1.29, 1.82) is 0 Å². The predicted molar refractivity (Wildman–Crippen MR) is 70.3 cm³/mol. The average Bonchev–Trinajstić information content (AvgIpc) is 2.47. The fourth-order valence-electron chi connectivity index (χ4n) is 1.64. The van der Waals surface area contributed by atoms with Gasteiger partial charge in [0.15, 0.2) is 0 Å². The second-order valence-electron chi connectivity index (χ2n) is 4.29. The third-order valence-electron chi connectivity index (χ3n) is 2.77. The lowest BCUT2D eigenvalue weighted by molar-refractivity contribution is -0.180. The minimum atomic E-state index is -1.09. The first-order chi connectivity index (χ1) is 9.88. The first kappa shape index (κ1) is 16.8. The maximum absolute atomic E-state index is 13.2. The van der Waals surface area contributed by atoms with E-state index >= 15 is 0 Å². The molecule has 0 N–H and O–H groups in total. The number of rotatable bonds is 6. The summed E-state index contributed by atoms with van der Waals surface area (Å²) >= 11 is 0. The van der Waals surface area contributed by atoms with Gasteiger partial charge in [0, 0.05) is 0 Å². The summed E-state index contributed by atoms with van der Waals surface area (Å²) < 4.78 is 17.4. The van der Waals surface area contributed by atoms with E-state index in [4.69, 9.17) is 4.84 Å². The van der Waals surface area contributed by atoms with Crippen LogP contribution < -0.4 is 0 Å². The smallest absolute Gasteiger partial charge is 0.374 e. The number of esters is 1. The van der Waals surface area contributed by atoms with E-state index in [0.717, 1.165) is 12.2 Å². The van der Waals surface area contributed by atoms with Gasteiger partial charge in [0.1, 0.15) is 5.82 Å². The summed E-state index contributed by atoms with van der Waals surface area (Å²) in [4.78, 5) is 39.0. The molecule has 6 nitrogen and oxygen atoms in total. The SMILES string of the molecule is COC(=O)C(=O)CC(=O)N(Cc1ccc(F)c(C)c1)OC. The van der Waals surface area contributed by atoms with E-state index in [0.29, 0.717) is 11.1 Å². The van der Waals surface area contributed by atoms with Gasteiger partial charge in [-0.05, 0) is 24.1 Å². The monoisotopic (exact) mass is 297 g/mol. The van der Waals surface area contributed by atoms with Crippen LogP contribution in [0.2, 0.25) is 0 Å². The number of hydroxylamine groups is 2. The third kappa shape index (κ3) is 4.64. The number of benzene rings is 1. The number of carbonyl (C=O) groups is 3. The Morgan fingerprint density at radius 2 is 1.90 bits per heavy atom. The van der Waals surface area contributed by atoms with Crippen molar-refractivity contribution in [3.8, 4) is 0 Å². The fraction of sp³-hybridized carbons (Fsp3) is 0.357. The number of nitrogens with zero attached hydrogens (tertiary/aromatic N) is 1. The van der Waals surface area contributed by atoms with Gasteiger partial charge in [0.25, 0.3) is 5.91 Å². The average molecular weight is 297 g/mol. The van der Waals surface area contributed by atoms with Crippen molar-refractivity contribution in [3.05, 3.63) is 35.1 Å². The topological polar surface area (TPSA) is 72.9 Å². The number of hydrogen-bond acceptors (Lipinski definition) is 5. The maximum atomic E-state index is 13.2. The molecule has 1 aromatic rings. The second-order valence-corrected chi connectivity index (χ2v) is 4.29. The summed E-state index contributed by atoms with van der Waals surface area (Å²) in [6.45, 7) is 1.63. The number of amides is 1. The third-order valence-corrected chi connectivity index (χ3v) is 2.77. The van der Waals surface area contributed by atoms with Gasteiger partial charge in [-0.2, -0.15) is 0 Å². The van der Waals surface area contributed by atoms with Crippen LogP contribution in [0, 0.1) is 12.7 Å². The van der Waals surface area contributed by atoms with Crippen LogP contribution in [0.3, 0.4) is 0 Å². The van der Waals surface area contributed by atoms with Crippen molar-refractivity contribution >= 4 is 17.7 Å². The molecule has 0 heterocycles. The maximum Gasteiger partial charge on any atom is 0.374 e. The van der Waals surface area contributed by atoms with E-state index in [2.05, 4.69) is 4.74 Å². The van der Waals surface area contributed by atoms with E-state index < -0.39 is 24.1 Å². The highest BCUT2D eigenvalue weighted by Gasteiger charge is 2.23. The molecule has 7 heteroatoms. The Morgan fingerprint density at radius 3 is 2.43 bits per heavy atom. The Bertz CT molecular complexity index is 558. The molecule has 0 spiro atoms. The molecule has 0 aliphatic rings.